The monoisotopic (exact) mass is 519 g/mol. The minimum atomic E-state index is -1.05. The summed E-state index contributed by atoms with van der Waals surface area (Å²) >= 11 is 9.16. The van der Waals surface area contributed by atoms with Gasteiger partial charge in [0.1, 0.15) is 11.5 Å². The summed E-state index contributed by atoms with van der Waals surface area (Å²) in [5, 5.41) is 9.67. The Hall–Kier alpha value is -3.35. The normalized spacial score (nSPS) is 16.0. The number of carbonyl (C=O) groups excluding carboxylic acids is 2. The fourth-order valence-corrected chi connectivity index (χ4v) is 3.92. The van der Waals surface area contributed by atoms with Crippen LogP contribution in [-0.4, -0.2) is 26.2 Å². The molecule has 1 atom stereocenters. The van der Waals surface area contributed by atoms with Gasteiger partial charge in [-0.1, -0.05) is 41.9 Å². The number of halogens is 3. The molecule has 164 valence electrons. The molecule has 0 saturated heterocycles. The lowest BCUT2D eigenvalue weighted by atomic mass is 9.81. The van der Waals surface area contributed by atoms with Gasteiger partial charge in [-0.3, -0.25) is 4.90 Å². The number of esters is 2. The lowest BCUT2D eigenvalue weighted by Gasteiger charge is -2.36. The van der Waals surface area contributed by atoms with Gasteiger partial charge in [-0.15, -0.1) is 0 Å². The molecule has 0 aromatic heterocycles. The van der Waals surface area contributed by atoms with E-state index in [-0.39, 0.29) is 37.8 Å². The van der Waals surface area contributed by atoms with Gasteiger partial charge in [0, 0.05) is 4.47 Å². The fourth-order valence-electron chi connectivity index (χ4n) is 3.45. The first-order valence-electron chi connectivity index (χ1n) is 9.07. The minimum absolute atomic E-state index is 0.0808. The summed E-state index contributed by atoms with van der Waals surface area (Å²) < 4.78 is 25.2. The van der Waals surface area contributed by atoms with Crippen LogP contribution in [0, 0.1) is 17.1 Å². The maximum atomic E-state index is 15.2. The largest absolute Gasteiger partial charge is 0.466 e. The van der Waals surface area contributed by atoms with Gasteiger partial charge in [-0.05, 0) is 33.6 Å². The summed E-state index contributed by atoms with van der Waals surface area (Å²) in [6.45, 7) is 0. The van der Waals surface area contributed by atoms with E-state index in [1.54, 1.807) is 30.3 Å². The molecule has 0 bridgehead atoms. The average Bonchev–Trinajstić information content (AvgIpc) is 2.81. The molecule has 1 unspecified atom stereocenters. The van der Waals surface area contributed by atoms with Crippen molar-refractivity contribution in [3.8, 4) is 6.07 Å². The van der Waals surface area contributed by atoms with E-state index in [1.165, 1.54) is 12.1 Å². The standard InChI is InChI=1S/C22H16BrClFN3O4/c1-31-21(29)16-15(11-6-4-3-5-7-11)12(10-26)20(27)28(19(16)22(30)32-2)14-9-8-13(23)17(24)18(14)25/h3-9,15H,27H2,1-2H3. The Balaban J connectivity index is 2.46. The Kier molecular flexibility index (Phi) is 6.87. The zero-order chi connectivity index (χ0) is 23.6. The van der Waals surface area contributed by atoms with E-state index in [2.05, 4.69) is 15.9 Å². The Labute approximate surface area is 196 Å². The van der Waals surface area contributed by atoms with Gasteiger partial charge in [-0.2, -0.15) is 5.26 Å². The zero-order valence-corrected chi connectivity index (χ0v) is 19.2. The molecular formula is C22H16BrClFN3O4. The summed E-state index contributed by atoms with van der Waals surface area (Å²) in [6.07, 6.45) is 0. The van der Waals surface area contributed by atoms with Crippen LogP contribution in [0.5, 0.6) is 0 Å². The van der Waals surface area contributed by atoms with Crippen LogP contribution >= 0.6 is 27.5 Å². The van der Waals surface area contributed by atoms with Crippen molar-refractivity contribution in [2.75, 3.05) is 19.1 Å². The van der Waals surface area contributed by atoms with E-state index in [0.29, 0.717) is 5.56 Å². The quantitative estimate of drug-likeness (QED) is 0.477. The number of ether oxygens (including phenoxy) is 2. The van der Waals surface area contributed by atoms with Crippen LogP contribution in [0.1, 0.15) is 11.5 Å². The van der Waals surface area contributed by atoms with E-state index in [1.807, 2.05) is 6.07 Å². The van der Waals surface area contributed by atoms with E-state index < -0.39 is 23.7 Å². The van der Waals surface area contributed by atoms with Crippen LogP contribution in [0.15, 0.2) is 69.6 Å². The van der Waals surface area contributed by atoms with Gasteiger partial charge in [-0.25, -0.2) is 14.0 Å². The minimum Gasteiger partial charge on any atom is -0.466 e. The van der Waals surface area contributed by atoms with Crippen LogP contribution in [0.3, 0.4) is 0 Å². The number of hydrogen-bond donors (Lipinski definition) is 1. The lowest BCUT2D eigenvalue weighted by molar-refractivity contribution is -0.139. The first-order valence-corrected chi connectivity index (χ1v) is 10.2. The summed E-state index contributed by atoms with van der Waals surface area (Å²) in [5.41, 5.74) is 5.86. The summed E-state index contributed by atoms with van der Waals surface area (Å²) in [4.78, 5) is 26.8. The Morgan fingerprint density at radius 3 is 2.34 bits per heavy atom. The molecule has 1 aliphatic heterocycles. The van der Waals surface area contributed by atoms with Crippen molar-refractivity contribution in [2.45, 2.75) is 5.92 Å². The van der Waals surface area contributed by atoms with Crippen molar-refractivity contribution >= 4 is 45.2 Å². The second kappa shape index (κ2) is 9.42. The molecule has 0 saturated carbocycles. The van der Waals surface area contributed by atoms with Crippen molar-refractivity contribution in [3.63, 3.8) is 0 Å². The third-order valence-electron chi connectivity index (χ3n) is 4.87. The SMILES string of the molecule is COC(=O)C1=C(C(=O)OC)N(c2ccc(Br)c(Cl)c2F)C(N)=C(C#N)C1c1ccccc1. The second-order valence-electron chi connectivity index (χ2n) is 6.53. The van der Waals surface area contributed by atoms with Crippen molar-refractivity contribution in [1.29, 1.82) is 5.26 Å². The molecule has 7 nitrogen and oxygen atoms in total. The topological polar surface area (TPSA) is 106 Å². The van der Waals surface area contributed by atoms with E-state index in [4.69, 9.17) is 26.8 Å². The molecule has 0 amide bonds. The van der Waals surface area contributed by atoms with Crippen molar-refractivity contribution in [3.05, 3.63) is 86.0 Å². The van der Waals surface area contributed by atoms with Crippen molar-refractivity contribution in [2.24, 2.45) is 5.73 Å². The molecule has 0 aliphatic carbocycles. The third kappa shape index (κ3) is 3.83. The molecule has 0 spiro atoms. The van der Waals surface area contributed by atoms with Gasteiger partial charge in [0.2, 0.25) is 0 Å². The Morgan fingerprint density at radius 1 is 1.16 bits per heavy atom. The number of allylic oxidation sites excluding steroid dienone is 1. The summed E-state index contributed by atoms with van der Waals surface area (Å²) in [7, 11) is 2.23. The van der Waals surface area contributed by atoms with Crippen LogP contribution in [0.4, 0.5) is 10.1 Å². The number of nitrogens with two attached hydrogens (primary N) is 1. The highest BCUT2D eigenvalue weighted by molar-refractivity contribution is 9.10. The number of nitrogens with zero attached hydrogens (tertiary/aromatic N) is 2. The molecule has 0 radical (unpaired) electrons. The van der Waals surface area contributed by atoms with Crippen LogP contribution in [0.25, 0.3) is 0 Å². The molecule has 2 aromatic carbocycles. The number of rotatable bonds is 4. The fraction of sp³-hybridized carbons (Fsp3) is 0.136. The van der Waals surface area contributed by atoms with Gasteiger partial charge < -0.3 is 15.2 Å². The predicted molar refractivity (Wildman–Crippen MR) is 119 cm³/mol. The number of nitriles is 1. The molecule has 2 aromatic rings. The molecule has 2 N–H and O–H groups in total. The first-order chi connectivity index (χ1) is 15.3. The molecule has 0 fully saturated rings. The maximum Gasteiger partial charge on any atom is 0.355 e. The number of hydrogen-bond acceptors (Lipinski definition) is 7. The van der Waals surface area contributed by atoms with E-state index >= 15 is 4.39 Å². The van der Waals surface area contributed by atoms with Crippen molar-refractivity contribution < 1.29 is 23.5 Å². The maximum absolute atomic E-state index is 15.2. The van der Waals surface area contributed by atoms with Crippen LogP contribution in [-0.2, 0) is 19.1 Å². The first kappa shape index (κ1) is 23.3. The van der Waals surface area contributed by atoms with Gasteiger partial charge in [0.25, 0.3) is 0 Å². The smallest absolute Gasteiger partial charge is 0.355 e. The van der Waals surface area contributed by atoms with E-state index in [9.17, 15) is 14.9 Å². The van der Waals surface area contributed by atoms with E-state index in [0.717, 1.165) is 19.1 Å². The number of anilines is 1. The summed E-state index contributed by atoms with van der Waals surface area (Å²) in [5.74, 6) is -4.12. The van der Waals surface area contributed by atoms with Gasteiger partial charge in [0.15, 0.2) is 5.82 Å². The zero-order valence-electron chi connectivity index (χ0n) is 16.9. The van der Waals surface area contributed by atoms with Gasteiger partial charge >= 0.3 is 11.9 Å². The number of carbonyl (C=O) groups is 2. The van der Waals surface area contributed by atoms with Crippen molar-refractivity contribution in [1.82, 2.24) is 0 Å². The van der Waals surface area contributed by atoms with Crippen LogP contribution < -0.4 is 10.6 Å². The highest BCUT2D eigenvalue weighted by Gasteiger charge is 2.43. The lowest BCUT2D eigenvalue weighted by Crippen LogP contribution is -2.41. The number of methoxy groups -OCH3 is 2. The number of benzene rings is 2. The van der Waals surface area contributed by atoms with Gasteiger partial charge in [0.05, 0.1) is 48.1 Å². The molecule has 1 heterocycles. The molecule has 10 heteroatoms. The molecule has 1 aliphatic rings. The third-order valence-corrected chi connectivity index (χ3v) is 6.12. The molecular weight excluding hydrogens is 505 g/mol. The second-order valence-corrected chi connectivity index (χ2v) is 7.76. The molecule has 3 rings (SSSR count). The Morgan fingerprint density at radius 2 is 1.78 bits per heavy atom. The highest BCUT2D eigenvalue weighted by atomic mass is 79.9. The molecule has 32 heavy (non-hydrogen) atoms. The Bertz CT molecular complexity index is 1210. The predicted octanol–water partition coefficient (Wildman–Crippen LogP) is 4.14. The van der Waals surface area contributed by atoms with Crippen LogP contribution in [0.2, 0.25) is 5.02 Å². The summed E-state index contributed by atoms with van der Waals surface area (Å²) in [6, 6.07) is 13.2. The average molecular weight is 521 g/mol. The highest BCUT2D eigenvalue weighted by Crippen LogP contribution is 2.44.